The maximum Gasteiger partial charge on any atom is 0.128 e. The Labute approximate surface area is 113 Å². The predicted molar refractivity (Wildman–Crippen MR) is 75.6 cm³/mol. The normalized spacial score (nSPS) is 11.1. The van der Waals surface area contributed by atoms with Crippen molar-refractivity contribution in [3.05, 3.63) is 30.5 Å². The van der Waals surface area contributed by atoms with Crippen LogP contribution in [0.5, 0.6) is 5.75 Å². The van der Waals surface area contributed by atoms with Crippen molar-refractivity contribution < 1.29 is 14.6 Å². The van der Waals surface area contributed by atoms with Gasteiger partial charge in [0.1, 0.15) is 5.75 Å². The first kappa shape index (κ1) is 13.9. The first-order valence-corrected chi connectivity index (χ1v) is 6.76. The van der Waals surface area contributed by atoms with Crippen LogP contribution in [0.3, 0.4) is 0 Å². The molecule has 0 aliphatic carbocycles. The van der Waals surface area contributed by atoms with E-state index in [9.17, 15) is 0 Å². The Kier molecular flexibility index (Phi) is 5.24. The summed E-state index contributed by atoms with van der Waals surface area (Å²) in [6, 6.07) is 8.18. The molecule has 0 unspecified atom stereocenters. The molecular formula is C15H21NO3. The van der Waals surface area contributed by atoms with E-state index >= 15 is 0 Å². The fourth-order valence-electron chi connectivity index (χ4n) is 2.06. The van der Waals surface area contributed by atoms with Crippen LogP contribution in [-0.4, -0.2) is 36.1 Å². The lowest BCUT2D eigenvalue weighted by molar-refractivity contribution is 0.0875. The summed E-state index contributed by atoms with van der Waals surface area (Å²) in [5, 5.41) is 9.80. The summed E-state index contributed by atoms with van der Waals surface area (Å²) in [7, 11) is 0. The van der Waals surface area contributed by atoms with Gasteiger partial charge >= 0.3 is 0 Å². The van der Waals surface area contributed by atoms with E-state index < -0.39 is 0 Å². The Bertz CT molecular complexity index is 507. The number of hydrogen-bond acceptors (Lipinski definition) is 3. The minimum atomic E-state index is 0.0709. The molecule has 104 valence electrons. The van der Waals surface area contributed by atoms with Crippen molar-refractivity contribution in [1.82, 2.24) is 4.57 Å². The average Bonchev–Trinajstić information content (AvgIpc) is 2.85. The number of benzene rings is 1. The van der Waals surface area contributed by atoms with Crippen LogP contribution in [0, 0.1) is 0 Å². The van der Waals surface area contributed by atoms with E-state index in [1.54, 1.807) is 0 Å². The fourth-order valence-corrected chi connectivity index (χ4v) is 2.06. The van der Waals surface area contributed by atoms with Crippen molar-refractivity contribution >= 4 is 10.9 Å². The Morgan fingerprint density at radius 2 is 2.05 bits per heavy atom. The summed E-state index contributed by atoms with van der Waals surface area (Å²) in [5.74, 6) is 0.939. The smallest absolute Gasteiger partial charge is 0.128 e. The molecule has 0 radical (unpaired) electrons. The van der Waals surface area contributed by atoms with Gasteiger partial charge in [0.2, 0.25) is 0 Å². The van der Waals surface area contributed by atoms with Crippen LogP contribution >= 0.6 is 0 Å². The lowest BCUT2D eigenvalue weighted by Crippen LogP contribution is -2.07. The van der Waals surface area contributed by atoms with Crippen LogP contribution in [-0.2, 0) is 11.3 Å². The van der Waals surface area contributed by atoms with Gasteiger partial charge in [0.15, 0.2) is 0 Å². The molecule has 2 aromatic rings. The molecule has 2 rings (SSSR count). The summed E-state index contributed by atoms with van der Waals surface area (Å²) >= 11 is 0. The van der Waals surface area contributed by atoms with Crippen molar-refractivity contribution in [2.24, 2.45) is 0 Å². The largest absolute Gasteiger partial charge is 0.493 e. The Balaban J connectivity index is 2.09. The number of nitrogens with zero attached hydrogens (tertiary/aromatic N) is 1. The molecule has 0 saturated carbocycles. The van der Waals surface area contributed by atoms with Crippen LogP contribution in [0.1, 0.15) is 13.3 Å². The molecule has 4 nitrogen and oxygen atoms in total. The van der Waals surface area contributed by atoms with Crippen LogP contribution in [0.25, 0.3) is 10.9 Å². The van der Waals surface area contributed by atoms with Crippen molar-refractivity contribution in [2.45, 2.75) is 19.9 Å². The third kappa shape index (κ3) is 3.49. The van der Waals surface area contributed by atoms with Gasteiger partial charge in [-0.25, -0.2) is 0 Å². The Hall–Kier alpha value is -1.52. The number of rotatable bonds is 8. The zero-order valence-corrected chi connectivity index (χ0v) is 11.3. The van der Waals surface area contributed by atoms with Gasteiger partial charge in [-0.15, -0.1) is 0 Å². The second kappa shape index (κ2) is 7.16. The quantitative estimate of drug-likeness (QED) is 0.744. The zero-order chi connectivity index (χ0) is 13.5. The molecule has 0 fully saturated rings. The molecule has 1 heterocycles. The lowest BCUT2D eigenvalue weighted by atomic mass is 10.2. The van der Waals surface area contributed by atoms with E-state index in [4.69, 9.17) is 14.6 Å². The minimum absolute atomic E-state index is 0.0709. The second-order valence-corrected chi connectivity index (χ2v) is 4.38. The van der Waals surface area contributed by atoms with Crippen LogP contribution in [0.2, 0.25) is 0 Å². The first-order valence-electron chi connectivity index (χ1n) is 6.76. The average molecular weight is 263 g/mol. The summed E-state index contributed by atoms with van der Waals surface area (Å²) < 4.78 is 13.2. The number of aliphatic hydroxyl groups excluding tert-OH is 1. The van der Waals surface area contributed by atoms with E-state index in [-0.39, 0.29) is 6.61 Å². The standard InChI is InChI=1S/C15H21NO3/c1-2-10-19-15-5-3-4-14-13(15)6-7-16(14)8-11-18-12-9-17/h3-7,17H,2,8-12H2,1H3. The van der Waals surface area contributed by atoms with Gasteiger partial charge in [-0.1, -0.05) is 13.0 Å². The number of fused-ring (bicyclic) bond motifs is 1. The highest BCUT2D eigenvalue weighted by atomic mass is 16.5. The molecule has 1 aromatic carbocycles. The summed E-state index contributed by atoms with van der Waals surface area (Å²) in [5.41, 5.74) is 1.15. The Morgan fingerprint density at radius 1 is 1.16 bits per heavy atom. The van der Waals surface area contributed by atoms with Crippen molar-refractivity contribution in [3.8, 4) is 5.75 Å². The summed E-state index contributed by atoms with van der Waals surface area (Å²) in [6.07, 6.45) is 3.05. The highest BCUT2D eigenvalue weighted by Gasteiger charge is 2.06. The summed E-state index contributed by atoms with van der Waals surface area (Å²) in [4.78, 5) is 0. The van der Waals surface area contributed by atoms with Crippen molar-refractivity contribution in [1.29, 1.82) is 0 Å². The van der Waals surface area contributed by atoms with E-state index in [2.05, 4.69) is 23.6 Å². The van der Waals surface area contributed by atoms with Crippen molar-refractivity contribution in [3.63, 3.8) is 0 Å². The van der Waals surface area contributed by atoms with E-state index in [0.717, 1.165) is 36.2 Å². The molecule has 0 saturated heterocycles. The van der Waals surface area contributed by atoms with Gasteiger partial charge in [0.25, 0.3) is 0 Å². The third-order valence-electron chi connectivity index (χ3n) is 2.95. The topological polar surface area (TPSA) is 43.6 Å². The molecule has 0 bridgehead atoms. The Morgan fingerprint density at radius 3 is 2.84 bits per heavy atom. The second-order valence-electron chi connectivity index (χ2n) is 4.38. The molecule has 1 N–H and O–H groups in total. The maximum absolute atomic E-state index is 8.67. The summed E-state index contributed by atoms with van der Waals surface area (Å²) in [6.45, 7) is 4.68. The van der Waals surface area contributed by atoms with Gasteiger partial charge in [-0.3, -0.25) is 0 Å². The molecule has 4 heteroatoms. The zero-order valence-electron chi connectivity index (χ0n) is 11.3. The van der Waals surface area contributed by atoms with Gasteiger partial charge in [0, 0.05) is 18.1 Å². The van der Waals surface area contributed by atoms with Gasteiger partial charge in [0.05, 0.1) is 31.9 Å². The molecular weight excluding hydrogens is 242 g/mol. The first-order chi connectivity index (χ1) is 9.36. The molecule has 1 aromatic heterocycles. The van der Waals surface area contributed by atoms with Crippen LogP contribution < -0.4 is 4.74 Å². The number of hydrogen-bond donors (Lipinski definition) is 1. The third-order valence-corrected chi connectivity index (χ3v) is 2.95. The molecule has 0 spiro atoms. The number of ether oxygens (including phenoxy) is 2. The highest BCUT2D eigenvalue weighted by Crippen LogP contribution is 2.26. The molecule has 0 amide bonds. The minimum Gasteiger partial charge on any atom is -0.493 e. The molecule has 0 aliphatic heterocycles. The molecule has 0 aliphatic rings. The van der Waals surface area contributed by atoms with Gasteiger partial charge < -0.3 is 19.1 Å². The van der Waals surface area contributed by atoms with E-state index in [1.165, 1.54) is 0 Å². The molecule has 0 atom stereocenters. The predicted octanol–water partition coefficient (Wildman–Crippen LogP) is 2.44. The molecule has 19 heavy (non-hydrogen) atoms. The number of aromatic nitrogens is 1. The maximum atomic E-state index is 8.67. The lowest BCUT2D eigenvalue weighted by Gasteiger charge is -2.08. The van der Waals surface area contributed by atoms with Crippen LogP contribution in [0.15, 0.2) is 30.5 Å². The van der Waals surface area contributed by atoms with E-state index in [0.29, 0.717) is 13.2 Å². The van der Waals surface area contributed by atoms with E-state index in [1.807, 2.05) is 18.3 Å². The van der Waals surface area contributed by atoms with Crippen molar-refractivity contribution in [2.75, 3.05) is 26.4 Å². The SMILES string of the molecule is CCCOc1cccc2c1ccn2CCOCCO. The monoisotopic (exact) mass is 263 g/mol. The van der Waals surface area contributed by atoms with Gasteiger partial charge in [-0.05, 0) is 24.6 Å². The highest BCUT2D eigenvalue weighted by molar-refractivity contribution is 5.86. The fraction of sp³-hybridized carbons (Fsp3) is 0.467. The number of aliphatic hydroxyl groups is 1. The van der Waals surface area contributed by atoms with Crippen LogP contribution in [0.4, 0.5) is 0 Å². The van der Waals surface area contributed by atoms with Gasteiger partial charge in [-0.2, -0.15) is 0 Å².